The summed E-state index contributed by atoms with van der Waals surface area (Å²) < 4.78 is 97.9. The average Bonchev–Trinajstić information content (AvgIpc) is 4.08. The van der Waals surface area contributed by atoms with Gasteiger partial charge in [0.1, 0.15) is 0 Å². The van der Waals surface area contributed by atoms with E-state index < -0.39 is 40.3 Å². The first-order chi connectivity index (χ1) is 29.1. The van der Waals surface area contributed by atoms with Crippen LogP contribution in [0.1, 0.15) is 22.8 Å². The Bertz CT molecular complexity index is 3190. The van der Waals surface area contributed by atoms with Crippen LogP contribution >= 0.6 is 46.4 Å². The third-order valence-corrected chi connectivity index (χ3v) is 12.0. The highest BCUT2D eigenvalue weighted by molar-refractivity contribution is 6.31. The molecule has 0 saturated heterocycles. The normalized spacial score (nSPS) is 16.0. The first-order valence-corrected chi connectivity index (χ1v) is 20.1. The van der Waals surface area contributed by atoms with Gasteiger partial charge in [0.15, 0.2) is 0 Å². The van der Waals surface area contributed by atoms with Crippen LogP contribution in [0.5, 0.6) is 0 Å². The van der Waals surface area contributed by atoms with E-state index in [1.165, 1.54) is 54.6 Å². The zero-order valence-corrected chi connectivity index (χ0v) is 33.9. The van der Waals surface area contributed by atoms with Crippen LogP contribution in [0, 0.1) is 0 Å². The van der Waals surface area contributed by atoms with Crippen LogP contribution in [0.15, 0.2) is 121 Å². The molecule has 302 valence electrons. The molecular formula is C47H24Cl4F6N4. The highest BCUT2D eigenvalue weighted by Gasteiger charge is 2.82. The van der Waals surface area contributed by atoms with Crippen molar-refractivity contribution in [2.75, 3.05) is 0 Å². The summed E-state index contributed by atoms with van der Waals surface area (Å²) in [4.78, 5) is 16.4. The van der Waals surface area contributed by atoms with Gasteiger partial charge in [-0.2, -0.15) is 26.3 Å². The summed E-state index contributed by atoms with van der Waals surface area (Å²) in [6.07, 6.45) is 3.14. The Morgan fingerprint density at radius 1 is 0.361 bits per heavy atom. The lowest BCUT2D eigenvalue weighted by atomic mass is 9.94. The molecule has 14 heteroatoms. The van der Waals surface area contributed by atoms with Gasteiger partial charge in [0.05, 0.1) is 33.9 Å². The largest absolute Gasteiger partial charge is 0.380 e. The van der Waals surface area contributed by atoms with E-state index in [2.05, 4.69) is 15.0 Å². The zero-order valence-electron chi connectivity index (χ0n) is 30.9. The minimum Gasteiger partial charge on any atom is -0.354 e. The molecule has 5 heterocycles. The number of benzene rings is 4. The molecule has 3 aliphatic rings. The van der Waals surface area contributed by atoms with E-state index in [1.54, 1.807) is 66.7 Å². The van der Waals surface area contributed by atoms with E-state index in [9.17, 15) is 0 Å². The monoisotopic (exact) mass is 898 g/mol. The Morgan fingerprint density at radius 3 is 1.10 bits per heavy atom. The summed E-state index contributed by atoms with van der Waals surface area (Å²) in [6, 6.07) is 32.7. The van der Waals surface area contributed by atoms with Gasteiger partial charge >= 0.3 is 17.8 Å². The molecule has 2 aliphatic heterocycles. The average molecular weight is 901 g/mol. The van der Waals surface area contributed by atoms with Crippen molar-refractivity contribution in [3.05, 3.63) is 164 Å². The van der Waals surface area contributed by atoms with Crippen LogP contribution in [0.25, 0.3) is 89.9 Å². The van der Waals surface area contributed by atoms with Crippen LogP contribution in [-0.4, -0.2) is 37.7 Å². The molecule has 0 radical (unpaired) electrons. The van der Waals surface area contributed by atoms with E-state index in [0.717, 1.165) is 0 Å². The van der Waals surface area contributed by atoms with Gasteiger partial charge in [0.2, 0.25) is 0 Å². The Balaban J connectivity index is 1.47. The molecule has 3 aromatic heterocycles. The molecule has 0 unspecified atom stereocenters. The summed E-state index contributed by atoms with van der Waals surface area (Å²) in [7, 11) is 0. The van der Waals surface area contributed by atoms with Crippen LogP contribution in [0.3, 0.4) is 0 Å². The second-order valence-electron chi connectivity index (χ2n) is 14.6. The molecule has 8 bridgehead atoms. The van der Waals surface area contributed by atoms with Gasteiger partial charge in [-0.15, -0.1) is 0 Å². The molecule has 0 spiro atoms. The zero-order chi connectivity index (χ0) is 42.6. The van der Waals surface area contributed by atoms with Crippen molar-refractivity contribution in [1.29, 1.82) is 0 Å². The number of hydrogen-bond donors (Lipinski definition) is 2. The number of fused-ring (bicyclic) bond motifs is 10. The van der Waals surface area contributed by atoms with Crippen molar-refractivity contribution in [2.24, 2.45) is 0 Å². The summed E-state index contributed by atoms with van der Waals surface area (Å²) in [6.45, 7) is 0. The van der Waals surface area contributed by atoms with E-state index in [1.807, 2.05) is 12.1 Å². The molecule has 2 N–H and O–H groups in total. The predicted octanol–water partition coefficient (Wildman–Crippen LogP) is 15.6. The van der Waals surface area contributed by atoms with Crippen molar-refractivity contribution < 1.29 is 26.3 Å². The van der Waals surface area contributed by atoms with Gasteiger partial charge in [-0.1, -0.05) is 94.9 Å². The maximum Gasteiger partial charge on any atom is 0.380 e. The molecule has 0 saturated carbocycles. The molecule has 7 aromatic rings. The third-order valence-electron chi connectivity index (χ3n) is 11.0. The maximum absolute atomic E-state index is 16.5. The van der Waals surface area contributed by atoms with E-state index in [-0.39, 0.29) is 43.5 Å². The molecule has 10 rings (SSSR count). The summed E-state index contributed by atoms with van der Waals surface area (Å²) in [5, 5.41) is 1.50. The number of halogens is 10. The minimum atomic E-state index is -5.85. The number of aromatic nitrogens is 4. The van der Waals surface area contributed by atoms with Crippen LogP contribution in [-0.2, 0) is 0 Å². The van der Waals surface area contributed by atoms with E-state index >= 15 is 26.3 Å². The van der Waals surface area contributed by atoms with Gasteiger partial charge in [0, 0.05) is 64.4 Å². The van der Waals surface area contributed by atoms with Crippen LogP contribution in [0.2, 0.25) is 20.1 Å². The Hall–Kier alpha value is -5.78. The highest BCUT2D eigenvalue weighted by atomic mass is 35.5. The first kappa shape index (κ1) is 39.4. The van der Waals surface area contributed by atoms with Gasteiger partial charge in [-0.25, -0.2) is 9.97 Å². The lowest BCUT2D eigenvalue weighted by Crippen LogP contribution is -2.49. The number of nitrogens with one attached hydrogen (secondary N) is 2. The summed E-state index contributed by atoms with van der Waals surface area (Å²) in [5.41, 5.74) is -0.223. The number of allylic oxidation sites excluding steroid dienone is 2. The smallest absolute Gasteiger partial charge is 0.354 e. The van der Waals surface area contributed by atoms with Crippen molar-refractivity contribution in [3.63, 3.8) is 0 Å². The fourth-order valence-corrected chi connectivity index (χ4v) is 8.65. The molecule has 0 atom stereocenters. The second-order valence-corrected chi connectivity index (χ2v) is 16.3. The second kappa shape index (κ2) is 14.1. The summed E-state index contributed by atoms with van der Waals surface area (Å²) in [5.74, 6) is -16.6. The molecule has 0 fully saturated rings. The molecule has 61 heavy (non-hydrogen) atoms. The number of alkyl halides is 6. The topological polar surface area (TPSA) is 57.4 Å². The molecule has 4 aromatic carbocycles. The number of H-pyrrole nitrogens is 2. The van der Waals surface area contributed by atoms with Crippen molar-refractivity contribution >= 4 is 91.8 Å². The minimum absolute atomic E-state index is 0.00698. The fraction of sp³-hybridized carbons (Fsp3) is 0.0638. The summed E-state index contributed by atoms with van der Waals surface area (Å²) >= 11 is 25.2. The Morgan fingerprint density at radius 2 is 0.672 bits per heavy atom. The van der Waals surface area contributed by atoms with E-state index in [4.69, 9.17) is 51.4 Å². The molecule has 4 nitrogen and oxygen atoms in total. The lowest BCUT2D eigenvalue weighted by Gasteiger charge is -2.27. The standard InChI is InChI=1S/C47H24Cl4F6N4/c48-27-9-1-23(2-10-27)37-31-17-18-32(58-31)38(24-3-11-28(49)12-4-24)34-20-22-36(60-34)40(26-7-15-30(51)16-8-26)44-42-41(45(52,53)47(56,57)46(42,54)55)43(61-44)39(35-21-19-33(37)59-35)25-5-13-29(50)14-6-25/h1-22,58-59H. The number of rotatable bonds is 4. The lowest BCUT2D eigenvalue weighted by molar-refractivity contribution is -0.254. The fourth-order valence-electron chi connectivity index (χ4n) is 8.15. The molecule has 1 aliphatic carbocycles. The van der Waals surface area contributed by atoms with Crippen molar-refractivity contribution in [1.82, 2.24) is 19.9 Å². The number of hydrogen-bond acceptors (Lipinski definition) is 2. The van der Waals surface area contributed by atoms with Crippen molar-refractivity contribution in [2.45, 2.75) is 17.8 Å². The first-order valence-electron chi connectivity index (χ1n) is 18.6. The van der Waals surface area contributed by atoms with Gasteiger partial charge in [0.25, 0.3) is 0 Å². The van der Waals surface area contributed by atoms with Crippen molar-refractivity contribution in [3.8, 4) is 44.5 Å². The highest BCUT2D eigenvalue weighted by Crippen LogP contribution is 2.67. The van der Waals surface area contributed by atoms with Gasteiger partial charge in [-0.3, -0.25) is 0 Å². The third kappa shape index (κ3) is 6.14. The quantitative estimate of drug-likeness (QED) is 0.173. The van der Waals surface area contributed by atoms with Crippen LogP contribution in [0.4, 0.5) is 26.3 Å². The van der Waals surface area contributed by atoms with Gasteiger partial charge in [-0.05, 0) is 107 Å². The Labute approximate surface area is 362 Å². The Kier molecular flexibility index (Phi) is 9.12. The predicted molar refractivity (Wildman–Crippen MR) is 233 cm³/mol. The van der Waals surface area contributed by atoms with Gasteiger partial charge < -0.3 is 9.97 Å². The number of aromatic amines is 2. The SMILES string of the molecule is FC1(F)C2=C(c3nc2c(-c2ccc(Cl)cc2)c2nc(c(-c4ccc(Cl)cc4)c4ccc([nH]4)c(-c4ccc(Cl)cc4)c4ccc([nH]4)c3-c3ccc(Cl)cc3)C=C2)C(F)(F)C1(F)F. The van der Waals surface area contributed by atoms with Crippen LogP contribution < -0.4 is 0 Å². The molecule has 0 amide bonds. The molecular weight excluding hydrogens is 876 g/mol. The van der Waals surface area contributed by atoms with E-state index in [0.29, 0.717) is 54.5 Å². The number of nitrogens with zero attached hydrogens (tertiary/aromatic N) is 2. The maximum atomic E-state index is 16.5.